The van der Waals surface area contributed by atoms with Gasteiger partial charge in [0.1, 0.15) is 14.7 Å². The van der Waals surface area contributed by atoms with Crippen LogP contribution in [-0.2, 0) is 0 Å². The van der Waals surface area contributed by atoms with Crippen molar-refractivity contribution >= 4 is 8.07 Å². The van der Waals surface area contributed by atoms with Crippen LogP contribution in [0.3, 0.4) is 0 Å². The number of unbranched alkanes of at least 4 members (excludes halogenated alkanes) is 2. The van der Waals surface area contributed by atoms with Crippen LogP contribution in [0.1, 0.15) is 19.3 Å². The van der Waals surface area contributed by atoms with Crippen molar-refractivity contribution in [3.05, 3.63) is 0 Å². The van der Waals surface area contributed by atoms with E-state index in [0.717, 1.165) is 19.3 Å². The van der Waals surface area contributed by atoms with Crippen LogP contribution < -0.4 is 0 Å². The Bertz CT molecular complexity index is 241. The maximum atomic E-state index is 8.38. The van der Waals surface area contributed by atoms with Gasteiger partial charge in [-0.2, -0.15) is 0 Å². The van der Waals surface area contributed by atoms with Crippen LogP contribution in [0.25, 0.3) is 0 Å². The first kappa shape index (κ1) is 12.3. The number of hydrogen-bond acceptors (Lipinski definition) is 1. The zero-order valence-corrected chi connectivity index (χ0v) is 9.78. The van der Waals surface area contributed by atoms with Crippen molar-refractivity contribution in [1.82, 2.24) is 0 Å². The topological polar surface area (TPSA) is 20.2 Å². The van der Waals surface area contributed by atoms with Crippen molar-refractivity contribution in [2.45, 2.75) is 38.9 Å². The van der Waals surface area contributed by atoms with Gasteiger partial charge in [-0.05, 0) is 6.42 Å². The Morgan fingerprint density at radius 1 is 1.00 bits per heavy atom. The van der Waals surface area contributed by atoms with Gasteiger partial charge in [0, 0.05) is 12.8 Å². The first-order chi connectivity index (χ1) is 6.06. The smallest absolute Gasteiger partial charge is 0.129 e. The lowest BCUT2D eigenvalue weighted by molar-refractivity contribution is 0.350. The minimum atomic E-state index is -1.17. The number of hydrogen-bond donors (Lipinski definition) is 1. The van der Waals surface area contributed by atoms with E-state index in [2.05, 4.69) is 42.9 Å². The summed E-state index contributed by atoms with van der Waals surface area (Å²) >= 11 is 0. The Morgan fingerprint density at radius 2 is 1.62 bits per heavy atom. The van der Waals surface area contributed by atoms with Gasteiger partial charge in [-0.15, -0.1) is 17.4 Å². The summed E-state index contributed by atoms with van der Waals surface area (Å²) in [5, 5.41) is 8.38. The van der Waals surface area contributed by atoms with Crippen molar-refractivity contribution in [3.63, 3.8) is 0 Å². The molecule has 13 heavy (non-hydrogen) atoms. The highest BCUT2D eigenvalue weighted by molar-refractivity contribution is 6.83. The molecule has 0 aliphatic carbocycles. The summed E-state index contributed by atoms with van der Waals surface area (Å²) in [4.78, 5) is 0. The highest BCUT2D eigenvalue weighted by Crippen LogP contribution is 1.98. The van der Waals surface area contributed by atoms with E-state index >= 15 is 0 Å². The van der Waals surface area contributed by atoms with Gasteiger partial charge in [0.15, 0.2) is 0 Å². The molecule has 0 saturated heterocycles. The zero-order valence-electron chi connectivity index (χ0n) is 8.78. The molecule has 0 saturated carbocycles. The van der Waals surface area contributed by atoms with E-state index in [1.807, 2.05) is 0 Å². The average Bonchev–Trinajstić information content (AvgIpc) is 2.01. The van der Waals surface area contributed by atoms with Crippen molar-refractivity contribution in [2.24, 2.45) is 0 Å². The lowest BCUT2D eigenvalue weighted by Crippen LogP contribution is -2.16. The summed E-state index contributed by atoms with van der Waals surface area (Å²) in [6, 6.07) is 0. The van der Waals surface area contributed by atoms with Gasteiger partial charge < -0.3 is 5.11 Å². The van der Waals surface area contributed by atoms with E-state index in [0.29, 0.717) is 0 Å². The summed E-state index contributed by atoms with van der Waals surface area (Å²) in [7, 11) is -1.17. The molecule has 0 atom stereocenters. The Labute approximate surface area is 82.6 Å². The second-order valence-electron chi connectivity index (χ2n) is 3.92. The molecule has 0 aliphatic rings. The first-order valence-corrected chi connectivity index (χ1v) is 8.13. The highest BCUT2D eigenvalue weighted by atomic mass is 28.3. The van der Waals surface area contributed by atoms with Crippen LogP contribution in [0.4, 0.5) is 0 Å². The van der Waals surface area contributed by atoms with Gasteiger partial charge in [-0.25, -0.2) is 0 Å². The summed E-state index contributed by atoms with van der Waals surface area (Å²) in [5.41, 5.74) is 3.30. The van der Waals surface area contributed by atoms with Crippen molar-refractivity contribution < 1.29 is 5.11 Å². The van der Waals surface area contributed by atoms with Crippen molar-refractivity contribution in [1.29, 1.82) is 0 Å². The highest BCUT2D eigenvalue weighted by Gasteiger charge is 2.06. The summed E-state index contributed by atoms with van der Waals surface area (Å²) < 4.78 is 0. The SMILES string of the molecule is C[Si](C)(C)C#CCCCC#CCO. The Balaban J connectivity index is 3.50. The molecule has 0 aromatic heterocycles. The maximum absolute atomic E-state index is 8.38. The van der Waals surface area contributed by atoms with E-state index in [-0.39, 0.29) is 6.61 Å². The van der Waals surface area contributed by atoms with Gasteiger partial charge in [0.05, 0.1) is 0 Å². The quantitative estimate of drug-likeness (QED) is 0.405. The molecular formula is C11H18OSi. The molecule has 0 heterocycles. The third-order valence-electron chi connectivity index (χ3n) is 1.27. The molecule has 72 valence electrons. The maximum Gasteiger partial charge on any atom is 0.129 e. The second kappa shape index (κ2) is 6.77. The van der Waals surface area contributed by atoms with E-state index in [9.17, 15) is 0 Å². The van der Waals surface area contributed by atoms with E-state index in [1.54, 1.807) is 0 Å². The summed E-state index contributed by atoms with van der Waals surface area (Å²) in [5.74, 6) is 8.68. The minimum Gasteiger partial charge on any atom is -0.384 e. The van der Waals surface area contributed by atoms with Crippen LogP contribution in [0.15, 0.2) is 0 Å². The molecular weight excluding hydrogens is 176 g/mol. The minimum absolute atomic E-state index is 0.0272. The molecule has 0 aromatic carbocycles. The van der Waals surface area contributed by atoms with Crippen LogP contribution in [0, 0.1) is 23.3 Å². The second-order valence-corrected chi connectivity index (χ2v) is 8.67. The Hall–Kier alpha value is -0.703. The molecule has 0 aromatic rings. The number of rotatable bonds is 2. The van der Waals surface area contributed by atoms with Crippen LogP contribution in [0.2, 0.25) is 19.6 Å². The van der Waals surface area contributed by atoms with Crippen molar-refractivity contribution in [2.75, 3.05) is 6.61 Å². The molecule has 0 unspecified atom stereocenters. The summed E-state index contributed by atoms with van der Waals surface area (Å²) in [6.07, 6.45) is 2.80. The molecule has 1 nitrogen and oxygen atoms in total. The first-order valence-electron chi connectivity index (χ1n) is 4.63. The monoisotopic (exact) mass is 194 g/mol. The third-order valence-corrected chi connectivity index (χ3v) is 2.20. The van der Waals surface area contributed by atoms with Gasteiger partial charge in [0.25, 0.3) is 0 Å². The molecule has 1 N–H and O–H groups in total. The number of aliphatic hydroxyl groups is 1. The average molecular weight is 194 g/mol. The standard InChI is InChI=1S/C11H18OSi/c1-13(2,3)11-9-7-5-4-6-8-10-12/h12H,4-5,7,10H2,1-3H3. The fourth-order valence-electron chi connectivity index (χ4n) is 0.737. The molecule has 0 aliphatic heterocycles. The van der Waals surface area contributed by atoms with Crippen LogP contribution in [0.5, 0.6) is 0 Å². The molecule has 2 heteroatoms. The van der Waals surface area contributed by atoms with Gasteiger partial charge in [-0.3, -0.25) is 0 Å². The van der Waals surface area contributed by atoms with Crippen LogP contribution >= 0.6 is 0 Å². The summed E-state index contributed by atoms with van der Waals surface area (Å²) in [6.45, 7) is 6.70. The van der Waals surface area contributed by atoms with E-state index < -0.39 is 8.07 Å². The molecule has 0 bridgehead atoms. The lowest BCUT2D eigenvalue weighted by atomic mass is 10.2. The van der Waals surface area contributed by atoms with Crippen LogP contribution in [-0.4, -0.2) is 19.8 Å². The normalized spacial score (nSPS) is 9.54. The van der Waals surface area contributed by atoms with E-state index in [1.165, 1.54) is 0 Å². The fraction of sp³-hybridized carbons (Fsp3) is 0.636. The Kier molecular flexibility index (Phi) is 6.41. The largest absolute Gasteiger partial charge is 0.384 e. The van der Waals surface area contributed by atoms with Gasteiger partial charge in [-0.1, -0.05) is 25.6 Å². The molecule has 0 amide bonds. The van der Waals surface area contributed by atoms with Crippen molar-refractivity contribution in [3.8, 4) is 23.3 Å². The molecule has 0 radical (unpaired) electrons. The number of aliphatic hydroxyl groups excluding tert-OH is 1. The lowest BCUT2D eigenvalue weighted by Gasteiger charge is -2.02. The molecule has 0 fully saturated rings. The Morgan fingerprint density at radius 3 is 2.15 bits per heavy atom. The predicted molar refractivity (Wildman–Crippen MR) is 59.8 cm³/mol. The molecule has 0 spiro atoms. The third kappa shape index (κ3) is 11.3. The fourth-order valence-corrected chi connectivity index (χ4v) is 1.39. The zero-order chi connectivity index (χ0) is 10.2. The predicted octanol–water partition coefficient (Wildman–Crippen LogP) is 2.03. The van der Waals surface area contributed by atoms with Gasteiger partial charge in [0.2, 0.25) is 0 Å². The molecule has 0 rings (SSSR count). The van der Waals surface area contributed by atoms with Gasteiger partial charge >= 0.3 is 0 Å². The van der Waals surface area contributed by atoms with E-state index in [4.69, 9.17) is 5.11 Å².